The fourth-order valence-electron chi connectivity index (χ4n) is 4.08. The number of nitrogens with zero attached hydrogens (tertiary/aromatic N) is 4. The summed E-state index contributed by atoms with van der Waals surface area (Å²) in [5, 5.41) is 11.7. The Bertz CT molecular complexity index is 1250. The number of imidazole rings is 1. The second-order valence-corrected chi connectivity index (χ2v) is 7.90. The Kier molecular flexibility index (Phi) is 5.99. The fraction of sp³-hybridized carbons (Fsp3) is 0.261. The van der Waals surface area contributed by atoms with E-state index in [4.69, 9.17) is 0 Å². The number of nitro benzene ring substituents is 1. The number of Topliss-reactive ketones (excluding diaryl/α,β-unsaturated/α-hetero) is 1. The first-order valence-electron chi connectivity index (χ1n) is 10.3. The molecule has 1 aliphatic rings. The molecule has 0 spiro atoms. The lowest BCUT2D eigenvalue weighted by atomic mass is 9.88. The summed E-state index contributed by atoms with van der Waals surface area (Å²) < 4.78 is 29.0. The average Bonchev–Trinajstić information content (AvgIpc) is 3.25. The number of nitro groups is 1. The van der Waals surface area contributed by atoms with E-state index in [-0.39, 0.29) is 22.6 Å². The molecule has 4 rings (SSSR count). The van der Waals surface area contributed by atoms with Crippen molar-refractivity contribution in [2.24, 2.45) is 13.0 Å². The van der Waals surface area contributed by atoms with E-state index in [0.717, 1.165) is 18.2 Å². The van der Waals surface area contributed by atoms with Gasteiger partial charge in [0.15, 0.2) is 11.6 Å². The van der Waals surface area contributed by atoms with Crippen LogP contribution in [0.1, 0.15) is 39.4 Å². The summed E-state index contributed by atoms with van der Waals surface area (Å²) in [4.78, 5) is 42.3. The van der Waals surface area contributed by atoms with E-state index in [1.165, 1.54) is 29.0 Å². The van der Waals surface area contributed by atoms with Gasteiger partial charge in [0, 0.05) is 50.1 Å². The Balaban J connectivity index is 1.52. The number of hydrogen-bond donors (Lipinski definition) is 0. The predicted octanol–water partition coefficient (Wildman–Crippen LogP) is 3.94. The summed E-state index contributed by atoms with van der Waals surface area (Å²) >= 11 is 0. The van der Waals surface area contributed by atoms with E-state index in [0.29, 0.717) is 31.6 Å². The zero-order valence-corrected chi connectivity index (χ0v) is 17.7. The molecule has 33 heavy (non-hydrogen) atoms. The molecule has 2 aromatic carbocycles. The summed E-state index contributed by atoms with van der Waals surface area (Å²) in [6, 6.07) is 7.03. The van der Waals surface area contributed by atoms with E-state index >= 15 is 0 Å². The molecular formula is C23H20F2N4O4. The molecule has 1 fully saturated rings. The van der Waals surface area contributed by atoms with Crippen LogP contribution in [0.3, 0.4) is 0 Å². The summed E-state index contributed by atoms with van der Waals surface area (Å²) in [5.41, 5.74) is -0.0294. The van der Waals surface area contributed by atoms with Gasteiger partial charge in [-0.1, -0.05) is 0 Å². The highest BCUT2D eigenvalue weighted by Gasteiger charge is 2.31. The van der Waals surface area contributed by atoms with Crippen LogP contribution in [0.4, 0.5) is 20.2 Å². The van der Waals surface area contributed by atoms with Crippen molar-refractivity contribution in [2.75, 3.05) is 18.0 Å². The topological polar surface area (TPSA) is 98.3 Å². The Hall–Kier alpha value is -3.95. The van der Waals surface area contributed by atoms with Gasteiger partial charge in [-0.15, -0.1) is 0 Å². The first-order chi connectivity index (χ1) is 15.8. The maximum atomic E-state index is 14.0. The largest absolute Gasteiger partial charge is 0.366 e. The lowest BCUT2D eigenvalue weighted by molar-refractivity contribution is -0.384. The SMILES string of the molecule is Cn1ccnc1C(=O)c1ccc(N2CCC(C(=O)c3cc(F)ccc3F)CC2)c([N+](=O)[O-])c1. The van der Waals surface area contributed by atoms with E-state index in [9.17, 15) is 28.5 Å². The summed E-state index contributed by atoms with van der Waals surface area (Å²) in [6.45, 7) is 0.641. The van der Waals surface area contributed by atoms with Crippen molar-refractivity contribution in [1.82, 2.24) is 9.55 Å². The van der Waals surface area contributed by atoms with Crippen LogP contribution >= 0.6 is 0 Å². The highest BCUT2D eigenvalue weighted by molar-refractivity contribution is 6.07. The Morgan fingerprint density at radius 3 is 2.48 bits per heavy atom. The predicted molar refractivity (Wildman–Crippen MR) is 115 cm³/mol. The number of aromatic nitrogens is 2. The maximum absolute atomic E-state index is 14.0. The highest BCUT2D eigenvalue weighted by atomic mass is 19.1. The van der Waals surface area contributed by atoms with Crippen LogP contribution in [-0.4, -0.2) is 39.1 Å². The Labute approximate surface area is 187 Å². The normalized spacial score (nSPS) is 14.3. The first kappa shape index (κ1) is 22.3. The molecule has 0 atom stereocenters. The Morgan fingerprint density at radius 1 is 1.12 bits per heavy atom. The number of piperidine rings is 1. The van der Waals surface area contributed by atoms with Crippen LogP contribution in [0.15, 0.2) is 48.8 Å². The van der Waals surface area contributed by atoms with Gasteiger partial charge in [-0.25, -0.2) is 13.8 Å². The number of halogens is 2. The minimum Gasteiger partial charge on any atom is -0.366 e. The molecule has 1 aromatic heterocycles. The van der Waals surface area contributed by atoms with Crippen molar-refractivity contribution in [2.45, 2.75) is 12.8 Å². The van der Waals surface area contributed by atoms with Gasteiger partial charge in [-0.2, -0.15) is 0 Å². The number of ketones is 2. The molecule has 0 N–H and O–H groups in total. The van der Waals surface area contributed by atoms with Gasteiger partial charge in [0.05, 0.1) is 10.5 Å². The van der Waals surface area contributed by atoms with Gasteiger partial charge >= 0.3 is 0 Å². The van der Waals surface area contributed by atoms with Crippen molar-refractivity contribution in [1.29, 1.82) is 0 Å². The lowest BCUT2D eigenvalue weighted by Gasteiger charge is -2.32. The molecular weight excluding hydrogens is 434 g/mol. The van der Waals surface area contributed by atoms with E-state index in [2.05, 4.69) is 4.98 Å². The van der Waals surface area contributed by atoms with E-state index in [1.54, 1.807) is 18.1 Å². The maximum Gasteiger partial charge on any atom is 0.293 e. The molecule has 170 valence electrons. The van der Waals surface area contributed by atoms with Crippen LogP contribution in [-0.2, 0) is 7.05 Å². The van der Waals surface area contributed by atoms with Gasteiger partial charge in [0.2, 0.25) is 5.78 Å². The van der Waals surface area contributed by atoms with Crippen molar-refractivity contribution < 1.29 is 23.3 Å². The highest BCUT2D eigenvalue weighted by Crippen LogP contribution is 2.34. The molecule has 3 aromatic rings. The molecule has 1 saturated heterocycles. The van der Waals surface area contributed by atoms with Crippen molar-refractivity contribution in [3.8, 4) is 0 Å². The number of anilines is 1. The third-order valence-corrected chi connectivity index (χ3v) is 5.86. The van der Waals surface area contributed by atoms with E-state index in [1.807, 2.05) is 0 Å². The second-order valence-electron chi connectivity index (χ2n) is 7.90. The average molecular weight is 454 g/mol. The number of carbonyl (C=O) groups is 2. The van der Waals surface area contributed by atoms with E-state index < -0.39 is 34.0 Å². The van der Waals surface area contributed by atoms with Crippen LogP contribution in [0.25, 0.3) is 0 Å². The minimum absolute atomic E-state index is 0.145. The van der Waals surface area contributed by atoms with Crippen LogP contribution < -0.4 is 4.90 Å². The van der Waals surface area contributed by atoms with Crippen molar-refractivity contribution in [3.63, 3.8) is 0 Å². The standard InChI is InChI=1S/C23H20F2N4O4/c1-27-11-8-26-23(27)22(31)15-2-5-19(20(12-15)29(32)33)28-9-6-14(7-10-28)21(30)17-13-16(24)3-4-18(17)25/h2-5,8,11-14H,6-7,9-10H2,1H3. The second kappa shape index (κ2) is 8.89. The van der Waals surface area contributed by atoms with Gasteiger partial charge < -0.3 is 9.47 Å². The molecule has 2 heterocycles. The molecule has 10 heteroatoms. The molecule has 1 aliphatic heterocycles. The van der Waals surface area contributed by atoms with Crippen LogP contribution in [0.5, 0.6) is 0 Å². The number of rotatable bonds is 6. The zero-order valence-electron chi connectivity index (χ0n) is 17.7. The van der Waals surface area contributed by atoms with Gasteiger partial charge in [-0.3, -0.25) is 19.7 Å². The molecule has 0 aliphatic carbocycles. The first-order valence-corrected chi connectivity index (χ1v) is 10.3. The Morgan fingerprint density at radius 2 is 1.85 bits per heavy atom. The zero-order chi connectivity index (χ0) is 23.7. The molecule has 0 amide bonds. The fourth-order valence-corrected chi connectivity index (χ4v) is 4.08. The van der Waals surface area contributed by atoms with Crippen molar-refractivity contribution >= 4 is 22.9 Å². The molecule has 0 unspecified atom stereocenters. The third kappa shape index (κ3) is 4.36. The number of aryl methyl sites for hydroxylation is 1. The van der Waals surface area contributed by atoms with Crippen molar-refractivity contribution in [3.05, 3.63) is 87.5 Å². The minimum atomic E-state index is -0.771. The van der Waals surface area contributed by atoms with Gasteiger partial charge in [0.25, 0.3) is 5.69 Å². The lowest BCUT2D eigenvalue weighted by Crippen LogP contribution is -2.37. The molecule has 0 radical (unpaired) electrons. The smallest absolute Gasteiger partial charge is 0.293 e. The van der Waals surface area contributed by atoms with Gasteiger partial charge in [-0.05, 0) is 43.2 Å². The number of carbonyl (C=O) groups excluding carboxylic acids is 2. The monoisotopic (exact) mass is 454 g/mol. The molecule has 0 saturated carbocycles. The van der Waals surface area contributed by atoms with Crippen LogP contribution in [0, 0.1) is 27.7 Å². The van der Waals surface area contributed by atoms with Crippen LogP contribution in [0.2, 0.25) is 0 Å². The summed E-state index contributed by atoms with van der Waals surface area (Å²) in [7, 11) is 1.66. The third-order valence-electron chi connectivity index (χ3n) is 5.86. The summed E-state index contributed by atoms with van der Waals surface area (Å²) in [5.74, 6) is -2.71. The quantitative estimate of drug-likeness (QED) is 0.318. The number of hydrogen-bond acceptors (Lipinski definition) is 6. The molecule has 0 bridgehead atoms. The van der Waals surface area contributed by atoms with Gasteiger partial charge in [0.1, 0.15) is 17.3 Å². The number of benzene rings is 2. The summed E-state index contributed by atoms with van der Waals surface area (Å²) in [6.07, 6.45) is 3.74. The molecule has 8 nitrogen and oxygen atoms in total.